The van der Waals surface area contributed by atoms with Crippen LogP contribution in [0.3, 0.4) is 0 Å². The molecular weight excluding hydrogens is 194 g/mol. The predicted molar refractivity (Wildman–Crippen MR) is 57.5 cm³/mol. The molecular formula is C10H15N3O2. The van der Waals surface area contributed by atoms with E-state index in [1.165, 1.54) is 6.33 Å². The average Bonchev–Trinajstić information content (AvgIpc) is 2.59. The maximum Gasteiger partial charge on any atom is 0.360 e. The summed E-state index contributed by atoms with van der Waals surface area (Å²) in [7, 11) is 0. The van der Waals surface area contributed by atoms with Gasteiger partial charge in [0, 0.05) is 0 Å². The number of hydrogen-bond acceptors (Lipinski definition) is 4. The largest absolute Gasteiger partial charge is 0.461 e. The fourth-order valence-corrected chi connectivity index (χ4v) is 1.17. The normalized spacial score (nSPS) is 12.1. The number of nitrogens with zero attached hydrogens (tertiary/aromatic N) is 2. The Labute approximate surface area is 88.6 Å². The van der Waals surface area contributed by atoms with E-state index in [0.717, 1.165) is 0 Å². The standard InChI is InChI=1S/C10H15N3O2/c1-4-7(3)13-6-12-8(9(13)11)10(14)15-5-2/h4,6-7H,1,5,11H2,2-3H3. The molecule has 0 fully saturated rings. The number of nitrogens with two attached hydrogens (primary N) is 1. The number of ether oxygens (including phenoxy) is 1. The molecule has 15 heavy (non-hydrogen) atoms. The molecule has 2 N–H and O–H groups in total. The minimum absolute atomic E-state index is 0.000626. The molecule has 5 nitrogen and oxygen atoms in total. The molecule has 1 atom stereocenters. The van der Waals surface area contributed by atoms with E-state index in [9.17, 15) is 4.79 Å². The van der Waals surface area contributed by atoms with E-state index in [-0.39, 0.29) is 11.7 Å². The molecule has 0 aromatic carbocycles. The fraction of sp³-hybridized carbons (Fsp3) is 0.400. The van der Waals surface area contributed by atoms with E-state index in [0.29, 0.717) is 12.4 Å². The van der Waals surface area contributed by atoms with Gasteiger partial charge in [-0.3, -0.25) is 0 Å². The molecule has 0 aliphatic heterocycles. The first kappa shape index (κ1) is 11.3. The molecule has 1 rings (SSSR count). The maximum atomic E-state index is 11.4. The first-order chi connectivity index (χ1) is 7.11. The van der Waals surface area contributed by atoms with Gasteiger partial charge >= 0.3 is 5.97 Å². The molecule has 82 valence electrons. The van der Waals surface area contributed by atoms with E-state index < -0.39 is 5.97 Å². The molecule has 0 bridgehead atoms. The predicted octanol–water partition coefficient (Wildman–Crippen LogP) is 1.39. The molecule has 1 aromatic rings. The summed E-state index contributed by atoms with van der Waals surface area (Å²) in [5, 5.41) is 0. The van der Waals surface area contributed by atoms with Crippen LogP contribution in [0.15, 0.2) is 19.0 Å². The summed E-state index contributed by atoms with van der Waals surface area (Å²) in [6, 6.07) is 0.000626. The van der Waals surface area contributed by atoms with Gasteiger partial charge < -0.3 is 15.0 Å². The Morgan fingerprint density at radius 1 is 1.87 bits per heavy atom. The van der Waals surface area contributed by atoms with E-state index in [4.69, 9.17) is 10.5 Å². The highest BCUT2D eigenvalue weighted by atomic mass is 16.5. The maximum absolute atomic E-state index is 11.4. The summed E-state index contributed by atoms with van der Waals surface area (Å²) >= 11 is 0. The molecule has 1 aromatic heterocycles. The summed E-state index contributed by atoms with van der Waals surface area (Å²) in [6.07, 6.45) is 3.22. The molecule has 0 aliphatic carbocycles. The van der Waals surface area contributed by atoms with Gasteiger partial charge in [0.1, 0.15) is 5.82 Å². The lowest BCUT2D eigenvalue weighted by molar-refractivity contribution is 0.0521. The number of rotatable bonds is 4. The molecule has 0 saturated carbocycles. The lowest BCUT2D eigenvalue weighted by Crippen LogP contribution is -2.11. The molecule has 0 aliphatic rings. The lowest BCUT2D eigenvalue weighted by Gasteiger charge is -2.09. The Balaban J connectivity index is 2.98. The Morgan fingerprint density at radius 2 is 2.53 bits per heavy atom. The summed E-state index contributed by atoms with van der Waals surface area (Å²) in [6.45, 7) is 7.59. The van der Waals surface area contributed by atoms with Crippen molar-refractivity contribution in [3.63, 3.8) is 0 Å². The zero-order valence-corrected chi connectivity index (χ0v) is 8.93. The molecule has 0 amide bonds. The third kappa shape index (κ3) is 2.18. The summed E-state index contributed by atoms with van der Waals surface area (Å²) in [5.41, 5.74) is 5.92. The lowest BCUT2D eigenvalue weighted by atomic mass is 10.3. The highest BCUT2D eigenvalue weighted by Gasteiger charge is 2.17. The van der Waals surface area contributed by atoms with E-state index >= 15 is 0 Å². The van der Waals surface area contributed by atoms with Gasteiger partial charge in [-0.2, -0.15) is 0 Å². The van der Waals surface area contributed by atoms with Crippen LogP contribution >= 0.6 is 0 Å². The monoisotopic (exact) mass is 209 g/mol. The van der Waals surface area contributed by atoms with Gasteiger partial charge in [0.15, 0.2) is 5.69 Å². The highest BCUT2D eigenvalue weighted by Crippen LogP contribution is 2.17. The van der Waals surface area contributed by atoms with Gasteiger partial charge in [0.25, 0.3) is 0 Å². The topological polar surface area (TPSA) is 70.1 Å². The van der Waals surface area contributed by atoms with Crippen molar-refractivity contribution in [2.24, 2.45) is 0 Å². The number of aromatic nitrogens is 2. The smallest absolute Gasteiger partial charge is 0.360 e. The van der Waals surface area contributed by atoms with Gasteiger partial charge in [-0.25, -0.2) is 9.78 Å². The summed E-state index contributed by atoms with van der Waals surface area (Å²) in [5.74, 6) is -0.189. The van der Waals surface area contributed by atoms with Gasteiger partial charge in [-0.15, -0.1) is 6.58 Å². The van der Waals surface area contributed by atoms with E-state index in [1.807, 2.05) is 6.92 Å². The Hall–Kier alpha value is -1.78. The van der Waals surface area contributed by atoms with Crippen LogP contribution in [-0.4, -0.2) is 22.1 Å². The molecule has 0 radical (unpaired) electrons. The minimum atomic E-state index is -0.495. The van der Waals surface area contributed by atoms with Crippen LogP contribution in [0.5, 0.6) is 0 Å². The van der Waals surface area contributed by atoms with Crippen molar-refractivity contribution in [2.45, 2.75) is 19.9 Å². The van der Waals surface area contributed by atoms with Crippen LogP contribution in [-0.2, 0) is 4.74 Å². The van der Waals surface area contributed by atoms with Crippen molar-refractivity contribution in [1.82, 2.24) is 9.55 Å². The van der Waals surface area contributed by atoms with Gasteiger partial charge in [0.2, 0.25) is 0 Å². The minimum Gasteiger partial charge on any atom is -0.461 e. The summed E-state index contributed by atoms with van der Waals surface area (Å²) in [4.78, 5) is 15.3. The van der Waals surface area contributed by atoms with Crippen molar-refractivity contribution in [2.75, 3.05) is 12.3 Å². The van der Waals surface area contributed by atoms with Gasteiger partial charge in [-0.1, -0.05) is 6.08 Å². The Morgan fingerprint density at radius 3 is 3.07 bits per heavy atom. The number of allylic oxidation sites excluding steroid dienone is 1. The number of esters is 1. The first-order valence-corrected chi connectivity index (χ1v) is 4.73. The number of hydrogen-bond donors (Lipinski definition) is 1. The molecule has 0 spiro atoms. The van der Waals surface area contributed by atoms with E-state index in [1.54, 1.807) is 17.6 Å². The zero-order valence-electron chi connectivity index (χ0n) is 8.93. The third-order valence-corrected chi connectivity index (χ3v) is 2.08. The Bertz CT molecular complexity index is 371. The number of nitrogen functional groups attached to an aromatic ring is 1. The van der Waals surface area contributed by atoms with Crippen LogP contribution in [0.2, 0.25) is 0 Å². The molecule has 5 heteroatoms. The second-order valence-electron chi connectivity index (χ2n) is 3.08. The van der Waals surface area contributed by atoms with E-state index in [2.05, 4.69) is 11.6 Å². The Kier molecular flexibility index (Phi) is 3.49. The van der Waals surface area contributed by atoms with Crippen molar-refractivity contribution in [3.8, 4) is 0 Å². The van der Waals surface area contributed by atoms with Crippen molar-refractivity contribution < 1.29 is 9.53 Å². The molecule has 0 saturated heterocycles. The second kappa shape index (κ2) is 4.63. The van der Waals surface area contributed by atoms with Crippen molar-refractivity contribution in [1.29, 1.82) is 0 Å². The fourth-order valence-electron chi connectivity index (χ4n) is 1.17. The van der Waals surface area contributed by atoms with Gasteiger partial charge in [0.05, 0.1) is 19.0 Å². The number of anilines is 1. The summed E-state index contributed by atoms with van der Waals surface area (Å²) < 4.78 is 6.48. The number of imidazole rings is 1. The number of carbonyl (C=O) groups is 1. The number of carbonyl (C=O) groups excluding carboxylic acids is 1. The van der Waals surface area contributed by atoms with Crippen LogP contribution in [0.25, 0.3) is 0 Å². The van der Waals surface area contributed by atoms with Gasteiger partial charge in [-0.05, 0) is 13.8 Å². The van der Waals surface area contributed by atoms with Crippen LogP contribution < -0.4 is 5.73 Å². The molecule has 1 heterocycles. The van der Waals surface area contributed by atoms with Crippen molar-refractivity contribution >= 4 is 11.8 Å². The molecule has 1 unspecified atom stereocenters. The third-order valence-electron chi connectivity index (χ3n) is 2.08. The second-order valence-corrected chi connectivity index (χ2v) is 3.08. The SMILES string of the molecule is C=CC(C)n1cnc(C(=O)OCC)c1N. The highest BCUT2D eigenvalue weighted by molar-refractivity contribution is 5.92. The van der Waals surface area contributed by atoms with Crippen LogP contribution in [0.1, 0.15) is 30.4 Å². The van der Waals surface area contributed by atoms with Crippen LogP contribution in [0.4, 0.5) is 5.82 Å². The average molecular weight is 209 g/mol. The zero-order chi connectivity index (χ0) is 11.4. The quantitative estimate of drug-likeness (QED) is 0.601. The van der Waals surface area contributed by atoms with Crippen molar-refractivity contribution in [3.05, 3.63) is 24.7 Å². The van der Waals surface area contributed by atoms with Crippen LogP contribution in [0, 0.1) is 0 Å². The first-order valence-electron chi connectivity index (χ1n) is 4.73.